The molecule has 2 aliphatic carbocycles. The molecule has 0 amide bonds. The van der Waals surface area contributed by atoms with Crippen LogP contribution in [0.5, 0.6) is 0 Å². The molecule has 2 unspecified atom stereocenters. The van der Waals surface area contributed by atoms with Gasteiger partial charge in [-0.05, 0) is 62.2 Å². The van der Waals surface area contributed by atoms with Crippen LogP contribution >= 0.6 is 0 Å². The van der Waals surface area contributed by atoms with Crippen LogP contribution in [0.15, 0.2) is 0 Å². The van der Waals surface area contributed by atoms with E-state index in [0.717, 1.165) is 30.6 Å². The molecular weight excluding hydrogens is 208 g/mol. The van der Waals surface area contributed by atoms with Crippen LogP contribution in [0.25, 0.3) is 0 Å². The van der Waals surface area contributed by atoms with Crippen molar-refractivity contribution < 1.29 is 5.11 Å². The topological polar surface area (TPSA) is 20.2 Å². The van der Waals surface area contributed by atoms with E-state index in [4.69, 9.17) is 0 Å². The van der Waals surface area contributed by atoms with E-state index in [0.29, 0.717) is 5.92 Å². The minimum atomic E-state index is -0.305. The molecule has 0 heterocycles. The van der Waals surface area contributed by atoms with E-state index in [1.807, 2.05) is 0 Å². The Balaban J connectivity index is 1.92. The second-order valence-electron chi connectivity index (χ2n) is 7.15. The molecule has 0 bridgehead atoms. The molecule has 2 rings (SSSR count). The second-order valence-corrected chi connectivity index (χ2v) is 7.15. The lowest BCUT2D eigenvalue weighted by Gasteiger charge is -2.45. The third-order valence-electron chi connectivity index (χ3n) is 5.54. The van der Waals surface area contributed by atoms with E-state index in [1.165, 1.54) is 38.5 Å². The van der Waals surface area contributed by atoms with Gasteiger partial charge < -0.3 is 5.11 Å². The van der Waals surface area contributed by atoms with Crippen molar-refractivity contribution in [3.05, 3.63) is 0 Å². The SMILES string of the molecule is CC1CCCC(C2(O)CCC(C(C)C)CC2)C1. The summed E-state index contributed by atoms with van der Waals surface area (Å²) >= 11 is 0. The third-order valence-corrected chi connectivity index (χ3v) is 5.54. The summed E-state index contributed by atoms with van der Waals surface area (Å²) in [5.41, 5.74) is -0.305. The van der Waals surface area contributed by atoms with Crippen molar-refractivity contribution in [3.8, 4) is 0 Å². The lowest BCUT2D eigenvalue weighted by atomic mass is 9.65. The molecule has 2 atom stereocenters. The van der Waals surface area contributed by atoms with Gasteiger partial charge in [0.1, 0.15) is 0 Å². The minimum absolute atomic E-state index is 0.305. The molecule has 0 spiro atoms. The molecule has 0 aromatic heterocycles. The van der Waals surface area contributed by atoms with Crippen molar-refractivity contribution in [1.82, 2.24) is 0 Å². The smallest absolute Gasteiger partial charge is 0.0676 e. The fraction of sp³-hybridized carbons (Fsp3) is 1.00. The normalized spacial score (nSPS) is 43.9. The van der Waals surface area contributed by atoms with Gasteiger partial charge in [0.2, 0.25) is 0 Å². The summed E-state index contributed by atoms with van der Waals surface area (Å²) in [4.78, 5) is 0. The van der Waals surface area contributed by atoms with Crippen LogP contribution in [0.2, 0.25) is 0 Å². The molecule has 1 nitrogen and oxygen atoms in total. The molecule has 17 heavy (non-hydrogen) atoms. The summed E-state index contributed by atoms with van der Waals surface area (Å²) in [6.45, 7) is 7.02. The van der Waals surface area contributed by atoms with Crippen LogP contribution in [-0.2, 0) is 0 Å². The maximum Gasteiger partial charge on any atom is 0.0676 e. The van der Waals surface area contributed by atoms with Gasteiger partial charge >= 0.3 is 0 Å². The van der Waals surface area contributed by atoms with E-state index >= 15 is 0 Å². The monoisotopic (exact) mass is 238 g/mol. The van der Waals surface area contributed by atoms with Crippen molar-refractivity contribution in [3.63, 3.8) is 0 Å². The third kappa shape index (κ3) is 3.05. The van der Waals surface area contributed by atoms with Gasteiger partial charge in [0.05, 0.1) is 5.60 Å². The first-order chi connectivity index (χ1) is 8.01. The Labute approximate surface area is 107 Å². The fourth-order valence-electron chi connectivity index (χ4n) is 4.14. The van der Waals surface area contributed by atoms with E-state index in [2.05, 4.69) is 20.8 Å². The van der Waals surface area contributed by atoms with Crippen molar-refractivity contribution in [1.29, 1.82) is 0 Å². The molecule has 100 valence electrons. The Bertz CT molecular complexity index is 238. The molecule has 2 fully saturated rings. The van der Waals surface area contributed by atoms with Gasteiger partial charge in [0, 0.05) is 0 Å². The van der Waals surface area contributed by atoms with Crippen LogP contribution < -0.4 is 0 Å². The highest BCUT2D eigenvalue weighted by atomic mass is 16.3. The second kappa shape index (κ2) is 5.30. The standard InChI is InChI=1S/C16H30O/c1-12(2)14-7-9-16(17,10-8-14)15-6-4-5-13(3)11-15/h12-15,17H,4-11H2,1-3H3. The zero-order chi connectivity index (χ0) is 12.5. The van der Waals surface area contributed by atoms with Crippen LogP contribution in [0.1, 0.15) is 72.1 Å². The van der Waals surface area contributed by atoms with Gasteiger partial charge in [-0.25, -0.2) is 0 Å². The molecule has 1 heteroatoms. The molecule has 0 saturated heterocycles. The van der Waals surface area contributed by atoms with E-state index < -0.39 is 0 Å². The van der Waals surface area contributed by atoms with Gasteiger partial charge in [-0.15, -0.1) is 0 Å². The summed E-state index contributed by atoms with van der Waals surface area (Å²) in [6.07, 6.45) is 9.87. The van der Waals surface area contributed by atoms with Crippen molar-refractivity contribution in [2.24, 2.45) is 23.7 Å². The molecule has 2 saturated carbocycles. The number of hydrogen-bond donors (Lipinski definition) is 1. The zero-order valence-electron chi connectivity index (χ0n) is 11.9. The maximum absolute atomic E-state index is 10.9. The van der Waals surface area contributed by atoms with Crippen LogP contribution in [0.4, 0.5) is 0 Å². The quantitative estimate of drug-likeness (QED) is 0.756. The first kappa shape index (κ1) is 13.4. The Kier molecular flexibility index (Phi) is 4.18. The lowest BCUT2D eigenvalue weighted by Crippen LogP contribution is -2.44. The van der Waals surface area contributed by atoms with E-state index in [9.17, 15) is 5.11 Å². The lowest BCUT2D eigenvalue weighted by molar-refractivity contribution is -0.0792. The predicted molar refractivity (Wildman–Crippen MR) is 72.9 cm³/mol. The van der Waals surface area contributed by atoms with Crippen LogP contribution in [-0.4, -0.2) is 10.7 Å². The van der Waals surface area contributed by atoms with Gasteiger partial charge in [0.15, 0.2) is 0 Å². The summed E-state index contributed by atoms with van der Waals surface area (Å²) in [5.74, 6) is 3.08. The van der Waals surface area contributed by atoms with E-state index in [-0.39, 0.29) is 5.60 Å². The first-order valence-electron chi connectivity index (χ1n) is 7.73. The summed E-state index contributed by atoms with van der Waals surface area (Å²) in [5, 5.41) is 10.9. The number of hydrogen-bond acceptors (Lipinski definition) is 1. The molecule has 0 aromatic carbocycles. The highest BCUT2D eigenvalue weighted by Gasteiger charge is 2.41. The molecule has 0 aliphatic heterocycles. The Morgan fingerprint density at radius 1 is 1.06 bits per heavy atom. The largest absolute Gasteiger partial charge is 0.390 e. The van der Waals surface area contributed by atoms with Crippen molar-refractivity contribution >= 4 is 0 Å². The molecule has 2 aliphatic rings. The molecular formula is C16H30O. The predicted octanol–water partition coefficient (Wildman–Crippen LogP) is 4.39. The van der Waals surface area contributed by atoms with Crippen LogP contribution in [0.3, 0.4) is 0 Å². The van der Waals surface area contributed by atoms with E-state index in [1.54, 1.807) is 0 Å². The number of rotatable bonds is 2. The maximum atomic E-state index is 10.9. The Morgan fingerprint density at radius 2 is 1.71 bits per heavy atom. The fourth-order valence-corrected chi connectivity index (χ4v) is 4.14. The van der Waals surface area contributed by atoms with Gasteiger partial charge in [-0.2, -0.15) is 0 Å². The summed E-state index contributed by atoms with van der Waals surface area (Å²) < 4.78 is 0. The highest BCUT2D eigenvalue weighted by molar-refractivity contribution is 4.93. The van der Waals surface area contributed by atoms with Crippen LogP contribution in [0, 0.1) is 23.7 Å². The zero-order valence-corrected chi connectivity index (χ0v) is 11.9. The first-order valence-corrected chi connectivity index (χ1v) is 7.73. The summed E-state index contributed by atoms with van der Waals surface area (Å²) in [7, 11) is 0. The minimum Gasteiger partial charge on any atom is -0.390 e. The summed E-state index contributed by atoms with van der Waals surface area (Å²) in [6, 6.07) is 0. The Hall–Kier alpha value is -0.0400. The van der Waals surface area contributed by atoms with Gasteiger partial charge in [0.25, 0.3) is 0 Å². The highest BCUT2D eigenvalue weighted by Crippen LogP contribution is 2.45. The van der Waals surface area contributed by atoms with Gasteiger partial charge in [-0.3, -0.25) is 0 Å². The molecule has 0 radical (unpaired) electrons. The van der Waals surface area contributed by atoms with Gasteiger partial charge in [-0.1, -0.05) is 33.6 Å². The average Bonchev–Trinajstić information content (AvgIpc) is 2.29. The molecule has 1 N–H and O–H groups in total. The number of aliphatic hydroxyl groups is 1. The van der Waals surface area contributed by atoms with Crippen molar-refractivity contribution in [2.45, 2.75) is 77.7 Å². The average molecular weight is 238 g/mol. The van der Waals surface area contributed by atoms with Crippen molar-refractivity contribution in [2.75, 3.05) is 0 Å². The Morgan fingerprint density at radius 3 is 2.24 bits per heavy atom. The molecule has 0 aromatic rings.